The average Bonchev–Trinajstić information content (AvgIpc) is 3.37. The van der Waals surface area contributed by atoms with Crippen molar-refractivity contribution < 1.29 is 4.79 Å². The molecule has 170 valence electrons. The van der Waals surface area contributed by atoms with Crippen molar-refractivity contribution in [2.75, 3.05) is 0 Å². The molecule has 0 bridgehead atoms. The van der Waals surface area contributed by atoms with E-state index in [1.807, 2.05) is 78.2 Å². The first-order valence-corrected chi connectivity index (χ1v) is 11.5. The molecule has 6 heteroatoms. The topological polar surface area (TPSA) is 68.4 Å². The van der Waals surface area contributed by atoms with Crippen LogP contribution < -0.4 is 10.9 Å². The maximum absolute atomic E-state index is 13.2. The van der Waals surface area contributed by atoms with Gasteiger partial charge in [-0.2, -0.15) is 0 Å². The normalized spacial score (nSPS) is 12.1. The molecule has 6 nitrogen and oxygen atoms in total. The van der Waals surface area contributed by atoms with Gasteiger partial charge in [-0.3, -0.25) is 14.2 Å². The number of hydrogen-bond acceptors (Lipinski definition) is 3. The van der Waals surface area contributed by atoms with Gasteiger partial charge in [-0.1, -0.05) is 42.5 Å². The van der Waals surface area contributed by atoms with Gasteiger partial charge in [0.2, 0.25) is 0 Å². The van der Waals surface area contributed by atoms with Gasteiger partial charge in [-0.25, -0.2) is 4.98 Å². The first-order valence-electron chi connectivity index (χ1n) is 11.5. The largest absolute Gasteiger partial charge is 0.350 e. The molecule has 0 fully saturated rings. The molecule has 1 N–H and O–H groups in total. The second-order valence-electron chi connectivity index (χ2n) is 8.60. The minimum atomic E-state index is -0.111. The fourth-order valence-electron chi connectivity index (χ4n) is 4.33. The predicted molar refractivity (Wildman–Crippen MR) is 134 cm³/mol. The van der Waals surface area contributed by atoms with Crippen LogP contribution in [0, 0.1) is 0 Å². The molecule has 34 heavy (non-hydrogen) atoms. The summed E-state index contributed by atoms with van der Waals surface area (Å²) < 4.78 is 3.53. The highest BCUT2D eigenvalue weighted by atomic mass is 16.1. The van der Waals surface area contributed by atoms with E-state index in [2.05, 4.69) is 22.4 Å². The van der Waals surface area contributed by atoms with E-state index in [9.17, 15) is 9.59 Å². The lowest BCUT2D eigenvalue weighted by Gasteiger charge is -2.15. The monoisotopic (exact) mass is 450 g/mol. The number of fused-ring (bicyclic) bond motifs is 3. The maximum atomic E-state index is 13.2. The summed E-state index contributed by atoms with van der Waals surface area (Å²) in [6.45, 7) is 2.35. The lowest BCUT2D eigenvalue weighted by molar-refractivity contribution is 0.0938. The van der Waals surface area contributed by atoms with Crippen molar-refractivity contribution in [1.82, 2.24) is 19.3 Å². The number of nitrogens with zero attached hydrogens (tertiary/aromatic N) is 3. The van der Waals surface area contributed by atoms with E-state index >= 15 is 0 Å². The Balaban J connectivity index is 1.35. The zero-order valence-electron chi connectivity index (χ0n) is 19.0. The van der Waals surface area contributed by atoms with Crippen molar-refractivity contribution in [3.8, 4) is 0 Å². The van der Waals surface area contributed by atoms with E-state index in [0.717, 1.165) is 23.9 Å². The number of pyridine rings is 1. The van der Waals surface area contributed by atoms with Crippen molar-refractivity contribution in [3.63, 3.8) is 0 Å². The molecule has 5 rings (SSSR count). The number of hydrogen-bond donors (Lipinski definition) is 1. The van der Waals surface area contributed by atoms with E-state index < -0.39 is 0 Å². The van der Waals surface area contributed by atoms with Gasteiger partial charge >= 0.3 is 0 Å². The van der Waals surface area contributed by atoms with Gasteiger partial charge in [-0.15, -0.1) is 0 Å². The highest BCUT2D eigenvalue weighted by molar-refractivity contribution is 5.94. The van der Waals surface area contributed by atoms with Gasteiger partial charge in [0.25, 0.3) is 11.5 Å². The van der Waals surface area contributed by atoms with E-state index in [1.165, 1.54) is 5.56 Å². The fourth-order valence-corrected chi connectivity index (χ4v) is 4.33. The SMILES string of the molecule is CC(CCc1ccccc1)NC(=O)c1cccc(Cn2c(=O)c3cccn3c3cccnc32)c1. The van der Waals surface area contributed by atoms with Crippen LogP contribution in [-0.4, -0.2) is 25.9 Å². The van der Waals surface area contributed by atoms with Gasteiger partial charge in [0, 0.05) is 24.0 Å². The third-order valence-electron chi connectivity index (χ3n) is 6.11. The van der Waals surface area contributed by atoms with Crippen LogP contribution in [0.1, 0.15) is 34.8 Å². The van der Waals surface area contributed by atoms with E-state index in [4.69, 9.17) is 0 Å². The molecule has 1 atom stereocenters. The zero-order valence-corrected chi connectivity index (χ0v) is 19.0. The maximum Gasteiger partial charge on any atom is 0.276 e. The Morgan fingerprint density at radius 1 is 0.941 bits per heavy atom. The molecule has 0 saturated heterocycles. The molecular formula is C28H26N4O2. The number of rotatable bonds is 7. The second kappa shape index (κ2) is 9.35. The van der Waals surface area contributed by atoms with Crippen LogP contribution >= 0.6 is 0 Å². The third-order valence-corrected chi connectivity index (χ3v) is 6.11. The van der Waals surface area contributed by atoms with Crippen LogP contribution in [0.25, 0.3) is 16.7 Å². The summed E-state index contributed by atoms with van der Waals surface area (Å²) in [4.78, 5) is 30.6. The average molecular weight is 451 g/mol. The Kier molecular flexibility index (Phi) is 5.95. The minimum Gasteiger partial charge on any atom is -0.350 e. The van der Waals surface area contributed by atoms with Gasteiger partial charge < -0.3 is 9.72 Å². The van der Waals surface area contributed by atoms with Crippen molar-refractivity contribution in [3.05, 3.63) is 118 Å². The summed E-state index contributed by atoms with van der Waals surface area (Å²) in [6, 6.07) is 25.2. The highest BCUT2D eigenvalue weighted by Gasteiger charge is 2.14. The van der Waals surface area contributed by atoms with Crippen LogP contribution in [0.4, 0.5) is 0 Å². The summed E-state index contributed by atoms with van der Waals surface area (Å²) >= 11 is 0. The van der Waals surface area contributed by atoms with Crippen LogP contribution in [0.15, 0.2) is 96.1 Å². The number of aryl methyl sites for hydroxylation is 1. The molecule has 1 amide bonds. The fraction of sp³-hybridized carbons (Fsp3) is 0.179. The number of amides is 1. The summed E-state index contributed by atoms with van der Waals surface area (Å²) in [5, 5.41) is 3.10. The van der Waals surface area contributed by atoms with Crippen LogP contribution in [-0.2, 0) is 13.0 Å². The smallest absolute Gasteiger partial charge is 0.276 e. The number of carbonyl (C=O) groups excluding carboxylic acids is 1. The first-order chi connectivity index (χ1) is 16.6. The summed E-state index contributed by atoms with van der Waals surface area (Å²) in [5.41, 5.74) is 4.68. The number of carbonyl (C=O) groups is 1. The molecule has 0 spiro atoms. The van der Waals surface area contributed by atoms with Crippen LogP contribution in [0.2, 0.25) is 0 Å². The van der Waals surface area contributed by atoms with Crippen molar-refractivity contribution >= 4 is 22.6 Å². The summed E-state index contributed by atoms with van der Waals surface area (Å²) in [7, 11) is 0. The predicted octanol–water partition coefficient (Wildman–Crippen LogP) is 4.45. The van der Waals surface area contributed by atoms with Crippen molar-refractivity contribution in [2.45, 2.75) is 32.4 Å². The van der Waals surface area contributed by atoms with E-state index in [1.54, 1.807) is 16.8 Å². The lowest BCUT2D eigenvalue weighted by atomic mass is 10.1. The summed E-state index contributed by atoms with van der Waals surface area (Å²) in [5.74, 6) is -0.111. The minimum absolute atomic E-state index is 0.0453. The second-order valence-corrected chi connectivity index (χ2v) is 8.60. The van der Waals surface area contributed by atoms with Gasteiger partial charge in [-0.05, 0) is 67.3 Å². The molecule has 1 unspecified atom stereocenters. The molecule has 5 aromatic rings. The molecule has 0 radical (unpaired) electrons. The molecule has 0 aliphatic rings. The number of benzene rings is 2. The Labute approximate surface area is 197 Å². The van der Waals surface area contributed by atoms with Crippen LogP contribution in [0.3, 0.4) is 0 Å². The Bertz CT molecular complexity index is 1520. The Hall–Kier alpha value is -4.19. The molecule has 2 aromatic carbocycles. The van der Waals surface area contributed by atoms with Gasteiger partial charge in [0.15, 0.2) is 5.65 Å². The molecule has 0 aliphatic heterocycles. The first kappa shape index (κ1) is 21.6. The quantitative estimate of drug-likeness (QED) is 0.398. The molecule has 3 aromatic heterocycles. The van der Waals surface area contributed by atoms with Crippen molar-refractivity contribution in [1.29, 1.82) is 0 Å². The number of aromatic nitrogens is 3. The van der Waals surface area contributed by atoms with Crippen LogP contribution in [0.5, 0.6) is 0 Å². The van der Waals surface area contributed by atoms with E-state index in [-0.39, 0.29) is 17.5 Å². The molecule has 0 saturated carbocycles. The number of nitrogens with one attached hydrogen (secondary N) is 1. The molecule has 3 heterocycles. The van der Waals surface area contributed by atoms with Crippen molar-refractivity contribution in [2.24, 2.45) is 0 Å². The van der Waals surface area contributed by atoms with Gasteiger partial charge in [0.05, 0.1) is 12.1 Å². The van der Waals surface area contributed by atoms with Gasteiger partial charge in [0.1, 0.15) is 5.52 Å². The third kappa shape index (κ3) is 4.35. The molecular weight excluding hydrogens is 424 g/mol. The van der Waals surface area contributed by atoms with E-state index in [0.29, 0.717) is 23.3 Å². The standard InChI is InChI=1S/C28H26N4O2/c1-20(14-15-21-8-3-2-4-9-21)30-27(33)23-11-5-10-22(18-23)19-32-26-24(12-6-16-29-26)31-17-7-13-25(31)28(32)34/h2-13,16-18,20H,14-15,19H2,1H3,(H,30,33). The Morgan fingerprint density at radius 3 is 2.59 bits per heavy atom. The molecule has 0 aliphatic carbocycles. The highest BCUT2D eigenvalue weighted by Crippen LogP contribution is 2.15. The lowest BCUT2D eigenvalue weighted by Crippen LogP contribution is -2.33. The Morgan fingerprint density at radius 2 is 1.74 bits per heavy atom. The summed E-state index contributed by atoms with van der Waals surface area (Å²) in [6.07, 6.45) is 5.33. The zero-order chi connectivity index (χ0) is 23.5.